The number of likely N-dealkylation sites (N-methyl/N-ethyl adjacent to an activating group) is 1. The number of hydrogen-bond donors (Lipinski definition) is 4. The highest BCUT2D eigenvalue weighted by molar-refractivity contribution is 6.39. The highest BCUT2D eigenvalue weighted by Gasteiger charge is 2.26. The maximum atomic E-state index is 13.0. The first kappa shape index (κ1) is 36.0. The first-order valence-corrected chi connectivity index (χ1v) is 17.4. The molecule has 5 aromatic rings. The van der Waals surface area contributed by atoms with E-state index in [1.54, 1.807) is 34.2 Å². The van der Waals surface area contributed by atoms with Crippen LogP contribution in [0, 0.1) is 0 Å². The van der Waals surface area contributed by atoms with E-state index in [1.807, 2.05) is 60.7 Å². The van der Waals surface area contributed by atoms with Gasteiger partial charge in [0, 0.05) is 79.2 Å². The molecule has 0 saturated carbocycles. The van der Waals surface area contributed by atoms with Crippen LogP contribution in [0.1, 0.15) is 37.9 Å². The minimum Gasteiger partial charge on any atom is -0.481 e. The molecule has 0 radical (unpaired) electrons. The molecule has 4 N–H and O–H groups in total. The lowest BCUT2D eigenvalue weighted by Crippen LogP contribution is -2.51. The van der Waals surface area contributed by atoms with Gasteiger partial charge >= 0.3 is 0 Å². The molecule has 1 fully saturated rings. The second-order valence-electron chi connectivity index (χ2n) is 12.9. The van der Waals surface area contributed by atoms with Crippen molar-refractivity contribution in [2.75, 3.05) is 20.7 Å². The van der Waals surface area contributed by atoms with Gasteiger partial charge in [-0.25, -0.2) is 9.97 Å². The average Bonchev–Trinajstić information content (AvgIpc) is 3.55. The van der Waals surface area contributed by atoms with Crippen LogP contribution < -0.4 is 31.6 Å². The Hall–Kier alpha value is -4.81. The standard InChI is InChI=1S/C38H39Cl2N7O4/c1-38(2,37(50)41-3)43-21-25-18-33(49)47-16-15-22(17-31(47)44-25)26-7-5-8-27(34(26)39)28-9-6-10-29(35(28)40)30-13-11-23(36(46-30)51-4)19-42-20-24-12-14-32(48)45-24/h5-11,13,15-18,24,42-43H,12,14,19-21H2,1-4H3,(H,41,50)(H,45,48)/t24-/m0/s1. The number of halogens is 2. The molecule has 4 heterocycles. The number of ether oxygens (including phenoxy) is 1. The van der Waals surface area contributed by atoms with Crippen LogP contribution in [-0.2, 0) is 22.7 Å². The number of hydrogen-bond acceptors (Lipinski definition) is 8. The highest BCUT2D eigenvalue weighted by atomic mass is 35.5. The molecule has 1 aliphatic heterocycles. The molecule has 2 amide bonds. The van der Waals surface area contributed by atoms with Crippen molar-refractivity contribution in [2.45, 2.75) is 51.4 Å². The Bertz CT molecular complexity index is 2190. The number of pyridine rings is 2. The van der Waals surface area contributed by atoms with Crippen molar-refractivity contribution in [3.8, 4) is 39.4 Å². The zero-order valence-electron chi connectivity index (χ0n) is 28.8. The minimum atomic E-state index is -0.851. The summed E-state index contributed by atoms with van der Waals surface area (Å²) in [7, 11) is 3.16. The summed E-state index contributed by atoms with van der Waals surface area (Å²) in [5.74, 6) is 0.397. The highest BCUT2D eigenvalue weighted by Crippen LogP contribution is 2.42. The molecular formula is C38H39Cl2N7O4. The van der Waals surface area contributed by atoms with Crippen molar-refractivity contribution in [3.63, 3.8) is 0 Å². The summed E-state index contributed by atoms with van der Waals surface area (Å²) in [6.45, 7) is 4.95. The molecule has 6 rings (SSSR count). The monoisotopic (exact) mass is 727 g/mol. The third kappa shape index (κ3) is 7.77. The zero-order valence-corrected chi connectivity index (χ0v) is 30.3. The molecule has 3 aromatic heterocycles. The fourth-order valence-corrected chi connectivity index (χ4v) is 6.82. The number of rotatable bonds is 12. The van der Waals surface area contributed by atoms with Crippen LogP contribution in [0.5, 0.6) is 5.88 Å². The number of amides is 2. The number of carbonyl (C=O) groups is 2. The molecule has 1 saturated heterocycles. The maximum Gasteiger partial charge on any atom is 0.258 e. The fraction of sp³-hybridized carbons (Fsp3) is 0.289. The third-order valence-electron chi connectivity index (χ3n) is 9.02. The molecule has 0 aliphatic carbocycles. The van der Waals surface area contributed by atoms with E-state index in [0.29, 0.717) is 52.5 Å². The molecule has 1 atom stereocenters. The lowest BCUT2D eigenvalue weighted by Gasteiger charge is -2.24. The number of methoxy groups -OCH3 is 1. The van der Waals surface area contributed by atoms with Crippen LogP contribution in [-0.4, -0.2) is 58.5 Å². The van der Waals surface area contributed by atoms with Crippen molar-refractivity contribution >= 4 is 40.7 Å². The number of nitrogens with zero attached hydrogens (tertiary/aromatic N) is 3. The average molecular weight is 729 g/mol. The van der Waals surface area contributed by atoms with E-state index in [1.165, 1.54) is 10.5 Å². The minimum absolute atomic E-state index is 0.0882. The van der Waals surface area contributed by atoms with E-state index in [2.05, 4.69) is 21.3 Å². The van der Waals surface area contributed by atoms with Gasteiger partial charge in [0.05, 0.1) is 34.1 Å². The molecule has 1 aliphatic rings. The smallest absolute Gasteiger partial charge is 0.258 e. The second kappa shape index (κ2) is 15.2. The lowest BCUT2D eigenvalue weighted by molar-refractivity contribution is -0.126. The number of nitrogens with one attached hydrogen (secondary N) is 4. The van der Waals surface area contributed by atoms with E-state index >= 15 is 0 Å². The Morgan fingerprint density at radius 1 is 0.961 bits per heavy atom. The number of carbonyl (C=O) groups excluding carboxylic acids is 2. The zero-order chi connectivity index (χ0) is 36.3. The van der Waals surface area contributed by atoms with E-state index in [0.717, 1.165) is 39.8 Å². The lowest BCUT2D eigenvalue weighted by atomic mass is 9.97. The molecule has 51 heavy (non-hydrogen) atoms. The van der Waals surface area contributed by atoms with Gasteiger partial charge in [0.25, 0.3) is 5.56 Å². The molecule has 0 unspecified atom stereocenters. The van der Waals surface area contributed by atoms with Crippen LogP contribution in [0.4, 0.5) is 0 Å². The van der Waals surface area contributed by atoms with Gasteiger partial charge in [0.1, 0.15) is 5.65 Å². The van der Waals surface area contributed by atoms with E-state index < -0.39 is 5.54 Å². The van der Waals surface area contributed by atoms with Gasteiger partial charge in [0.2, 0.25) is 17.7 Å². The largest absolute Gasteiger partial charge is 0.481 e. The summed E-state index contributed by atoms with van der Waals surface area (Å²) < 4.78 is 7.11. The van der Waals surface area contributed by atoms with Gasteiger partial charge in [-0.1, -0.05) is 65.7 Å². The predicted octanol–water partition coefficient (Wildman–Crippen LogP) is 5.39. The summed E-state index contributed by atoms with van der Waals surface area (Å²) in [6.07, 6.45) is 3.06. The summed E-state index contributed by atoms with van der Waals surface area (Å²) in [5, 5.41) is 13.1. The second-order valence-corrected chi connectivity index (χ2v) is 13.7. The van der Waals surface area contributed by atoms with Gasteiger partial charge in [-0.15, -0.1) is 0 Å². The normalized spacial score (nSPS) is 14.5. The van der Waals surface area contributed by atoms with Gasteiger partial charge in [-0.05, 0) is 44.0 Å². The van der Waals surface area contributed by atoms with Crippen molar-refractivity contribution in [1.82, 2.24) is 35.6 Å². The van der Waals surface area contributed by atoms with Gasteiger partial charge in [0.15, 0.2) is 0 Å². The predicted molar refractivity (Wildman–Crippen MR) is 200 cm³/mol. The Morgan fingerprint density at radius 2 is 1.67 bits per heavy atom. The Labute approximate surface area is 305 Å². The Morgan fingerprint density at radius 3 is 2.35 bits per heavy atom. The van der Waals surface area contributed by atoms with E-state index in [4.69, 9.17) is 37.9 Å². The van der Waals surface area contributed by atoms with E-state index in [-0.39, 0.29) is 30.0 Å². The van der Waals surface area contributed by atoms with Crippen LogP contribution in [0.3, 0.4) is 0 Å². The molecule has 11 nitrogen and oxygen atoms in total. The van der Waals surface area contributed by atoms with E-state index in [9.17, 15) is 14.4 Å². The molecule has 0 bridgehead atoms. The van der Waals surface area contributed by atoms with Crippen LogP contribution in [0.25, 0.3) is 39.2 Å². The van der Waals surface area contributed by atoms with Crippen LogP contribution >= 0.6 is 23.2 Å². The van der Waals surface area contributed by atoms with Crippen LogP contribution in [0.2, 0.25) is 10.0 Å². The first-order valence-electron chi connectivity index (χ1n) is 16.6. The van der Waals surface area contributed by atoms with Gasteiger partial charge < -0.3 is 20.7 Å². The summed E-state index contributed by atoms with van der Waals surface area (Å²) >= 11 is 14.2. The Kier molecular flexibility index (Phi) is 10.7. The third-order valence-corrected chi connectivity index (χ3v) is 9.84. The Balaban J connectivity index is 1.27. The molecule has 0 spiro atoms. The molecule has 13 heteroatoms. The van der Waals surface area contributed by atoms with Crippen molar-refractivity contribution in [3.05, 3.63) is 105 Å². The number of aromatic nitrogens is 3. The summed E-state index contributed by atoms with van der Waals surface area (Å²) in [5.41, 5.74) is 5.08. The fourth-order valence-electron chi connectivity index (χ4n) is 6.16. The number of benzene rings is 2. The topological polar surface area (TPSA) is 139 Å². The SMILES string of the molecule is CNC(=O)C(C)(C)NCc1cc(=O)n2ccc(-c3cccc(-c4cccc(-c5ccc(CNC[C@@H]6CCC(=O)N6)c(OC)n5)c4Cl)c3Cl)cc2n1. The van der Waals surface area contributed by atoms with Crippen LogP contribution in [0.15, 0.2) is 77.7 Å². The maximum absolute atomic E-state index is 13.0. The number of fused-ring (bicyclic) bond motifs is 1. The summed E-state index contributed by atoms with van der Waals surface area (Å²) in [6, 6.07) is 20.5. The van der Waals surface area contributed by atoms with Gasteiger partial charge in [-0.3, -0.25) is 24.1 Å². The van der Waals surface area contributed by atoms with Crippen molar-refractivity contribution in [2.24, 2.45) is 0 Å². The molecule has 2 aromatic carbocycles. The molecule has 264 valence electrons. The quantitative estimate of drug-likeness (QED) is 0.134. The van der Waals surface area contributed by atoms with Crippen molar-refractivity contribution < 1.29 is 14.3 Å². The first-order chi connectivity index (χ1) is 24.5. The molecular weight excluding hydrogens is 689 g/mol. The van der Waals surface area contributed by atoms with Gasteiger partial charge in [-0.2, -0.15) is 0 Å². The summed E-state index contributed by atoms with van der Waals surface area (Å²) in [4.78, 5) is 46.2. The van der Waals surface area contributed by atoms with Crippen molar-refractivity contribution in [1.29, 1.82) is 0 Å².